The molecule has 0 spiro atoms. The Morgan fingerprint density at radius 1 is 0.700 bits per heavy atom. The molecule has 20 heavy (non-hydrogen) atoms. The Morgan fingerprint density at radius 3 is 1.95 bits per heavy atom. The second-order valence-corrected chi connectivity index (χ2v) is 6.60. The van der Waals surface area contributed by atoms with Crippen molar-refractivity contribution in [1.29, 1.82) is 0 Å². The van der Waals surface area contributed by atoms with Gasteiger partial charge in [0.2, 0.25) is 0 Å². The first-order chi connectivity index (χ1) is 9.52. The van der Waals surface area contributed by atoms with Crippen LogP contribution in [0.25, 0.3) is 0 Å². The maximum atomic E-state index is 5.65. The highest BCUT2D eigenvalue weighted by molar-refractivity contribution is 4.52. The number of hydrogen-bond donors (Lipinski definition) is 0. The van der Waals surface area contributed by atoms with Crippen LogP contribution in [0.5, 0.6) is 0 Å². The van der Waals surface area contributed by atoms with Gasteiger partial charge in [-0.15, -0.1) is 0 Å². The van der Waals surface area contributed by atoms with E-state index in [0.29, 0.717) is 0 Å². The lowest BCUT2D eigenvalue weighted by atomic mass is 10.1. The minimum absolute atomic E-state index is 0.737. The smallest absolute Gasteiger partial charge is 0.0593 e. The summed E-state index contributed by atoms with van der Waals surface area (Å²) < 4.78 is 11.3. The monoisotopic (exact) mass is 287 g/mol. The van der Waals surface area contributed by atoms with Gasteiger partial charge in [-0.25, -0.2) is 0 Å². The molecule has 0 aliphatic rings. The molecule has 3 heteroatoms. The minimum Gasteiger partial charge on any atom is -0.381 e. The van der Waals surface area contributed by atoms with Crippen LogP contribution < -0.4 is 0 Å². The lowest BCUT2D eigenvalue weighted by Crippen LogP contribution is -2.25. The molecule has 0 aromatic rings. The summed E-state index contributed by atoms with van der Waals surface area (Å²) in [7, 11) is 2.16. The summed E-state index contributed by atoms with van der Waals surface area (Å²) in [6, 6.07) is 0. The van der Waals surface area contributed by atoms with Gasteiger partial charge in [0, 0.05) is 32.9 Å². The Labute approximate surface area is 127 Å². The van der Waals surface area contributed by atoms with E-state index in [1.807, 2.05) is 0 Å². The Balaban J connectivity index is 3.18. The SMILES string of the molecule is CC(C)CCCOCCCN(C)CCOCCC(C)C. The van der Waals surface area contributed by atoms with E-state index in [-0.39, 0.29) is 0 Å². The summed E-state index contributed by atoms with van der Waals surface area (Å²) in [6.45, 7) is 14.6. The van der Waals surface area contributed by atoms with Crippen molar-refractivity contribution in [1.82, 2.24) is 4.90 Å². The molecule has 0 atom stereocenters. The van der Waals surface area contributed by atoms with E-state index < -0.39 is 0 Å². The van der Waals surface area contributed by atoms with Crippen LogP contribution in [0.4, 0.5) is 0 Å². The average molecular weight is 287 g/mol. The molecule has 0 aromatic carbocycles. The summed E-state index contributed by atoms with van der Waals surface area (Å²) in [5.74, 6) is 1.53. The zero-order chi connectivity index (χ0) is 15.2. The van der Waals surface area contributed by atoms with E-state index in [4.69, 9.17) is 9.47 Å². The summed E-state index contributed by atoms with van der Waals surface area (Å²) in [6.07, 6.45) is 4.74. The van der Waals surface area contributed by atoms with Crippen molar-refractivity contribution in [3.05, 3.63) is 0 Å². The highest BCUT2D eigenvalue weighted by Crippen LogP contribution is 2.03. The first kappa shape index (κ1) is 19.9. The number of nitrogens with zero attached hydrogens (tertiary/aromatic N) is 1. The van der Waals surface area contributed by atoms with Gasteiger partial charge in [0.1, 0.15) is 0 Å². The van der Waals surface area contributed by atoms with Crippen molar-refractivity contribution >= 4 is 0 Å². The fourth-order valence-corrected chi connectivity index (χ4v) is 1.89. The molecule has 0 unspecified atom stereocenters. The van der Waals surface area contributed by atoms with E-state index in [2.05, 4.69) is 39.6 Å². The van der Waals surface area contributed by atoms with Crippen LogP contribution in [0.3, 0.4) is 0 Å². The summed E-state index contributed by atoms with van der Waals surface area (Å²) in [5, 5.41) is 0. The second kappa shape index (κ2) is 13.8. The Bertz CT molecular complexity index is 195. The second-order valence-electron chi connectivity index (χ2n) is 6.60. The van der Waals surface area contributed by atoms with Gasteiger partial charge >= 0.3 is 0 Å². The molecular weight excluding hydrogens is 250 g/mol. The Kier molecular flexibility index (Phi) is 13.8. The van der Waals surface area contributed by atoms with Gasteiger partial charge in [0.25, 0.3) is 0 Å². The molecular formula is C17H37NO2. The predicted octanol–water partition coefficient (Wildman–Crippen LogP) is 3.82. The molecule has 0 amide bonds. The molecule has 0 radical (unpaired) electrons. The first-order valence-corrected chi connectivity index (χ1v) is 8.36. The van der Waals surface area contributed by atoms with Gasteiger partial charge in [-0.2, -0.15) is 0 Å². The van der Waals surface area contributed by atoms with Gasteiger partial charge in [-0.1, -0.05) is 27.7 Å². The van der Waals surface area contributed by atoms with Crippen LogP contribution in [0, 0.1) is 11.8 Å². The Hall–Kier alpha value is -0.120. The fourth-order valence-electron chi connectivity index (χ4n) is 1.89. The van der Waals surface area contributed by atoms with Gasteiger partial charge in [0.05, 0.1) is 6.61 Å². The first-order valence-electron chi connectivity index (χ1n) is 8.36. The van der Waals surface area contributed by atoms with Crippen molar-refractivity contribution < 1.29 is 9.47 Å². The molecule has 0 saturated heterocycles. The molecule has 0 heterocycles. The quantitative estimate of drug-likeness (QED) is 0.453. The summed E-state index contributed by atoms with van der Waals surface area (Å²) >= 11 is 0. The van der Waals surface area contributed by atoms with Crippen molar-refractivity contribution in [3.8, 4) is 0 Å². The highest BCUT2D eigenvalue weighted by Gasteiger charge is 2.00. The van der Waals surface area contributed by atoms with Gasteiger partial charge in [0.15, 0.2) is 0 Å². The Morgan fingerprint density at radius 2 is 1.30 bits per heavy atom. The minimum atomic E-state index is 0.737. The maximum absolute atomic E-state index is 5.65. The largest absolute Gasteiger partial charge is 0.381 e. The molecule has 0 fully saturated rings. The van der Waals surface area contributed by atoms with Crippen molar-refractivity contribution in [2.24, 2.45) is 11.8 Å². The van der Waals surface area contributed by atoms with E-state index in [0.717, 1.165) is 64.2 Å². The van der Waals surface area contributed by atoms with E-state index in [1.165, 1.54) is 12.8 Å². The highest BCUT2D eigenvalue weighted by atomic mass is 16.5. The lowest BCUT2D eigenvalue weighted by Gasteiger charge is -2.16. The fraction of sp³-hybridized carbons (Fsp3) is 1.00. The van der Waals surface area contributed by atoms with Crippen LogP contribution in [0.2, 0.25) is 0 Å². The molecule has 3 nitrogen and oxygen atoms in total. The molecule has 0 aliphatic heterocycles. The molecule has 0 aliphatic carbocycles. The van der Waals surface area contributed by atoms with Crippen LogP contribution in [0.1, 0.15) is 53.4 Å². The van der Waals surface area contributed by atoms with Crippen LogP contribution in [-0.4, -0.2) is 51.5 Å². The van der Waals surface area contributed by atoms with Crippen LogP contribution in [0.15, 0.2) is 0 Å². The predicted molar refractivity (Wildman–Crippen MR) is 87.3 cm³/mol. The van der Waals surface area contributed by atoms with Crippen LogP contribution in [-0.2, 0) is 9.47 Å². The summed E-state index contributed by atoms with van der Waals surface area (Å²) in [5.41, 5.74) is 0. The third-order valence-electron chi connectivity index (χ3n) is 3.36. The van der Waals surface area contributed by atoms with Crippen molar-refractivity contribution in [2.45, 2.75) is 53.4 Å². The number of hydrogen-bond acceptors (Lipinski definition) is 3. The maximum Gasteiger partial charge on any atom is 0.0593 e. The van der Waals surface area contributed by atoms with E-state index >= 15 is 0 Å². The molecule has 0 aromatic heterocycles. The molecule has 0 N–H and O–H groups in total. The zero-order valence-electron chi connectivity index (χ0n) is 14.5. The van der Waals surface area contributed by atoms with Crippen molar-refractivity contribution in [2.75, 3.05) is 46.6 Å². The number of likely N-dealkylation sites (N-methyl/N-ethyl adjacent to an activating group) is 1. The van der Waals surface area contributed by atoms with E-state index in [9.17, 15) is 0 Å². The normalized spacial score (nSPS) is 12.0. The molecule has 0 bridgehead atoms. The van der Waals surface area contributed by atoms with E-state index in [1.54, 1.807) is 0 Å². The number of ether oxygens (including phenoxy) is 2. The summed E-state index contributed by atoms with van der Waals surface area (Å²) in [4.78, 5) is 2.33. The molecule has 0 rings (SSSR count). The third-order valence-corrected chi connectivity index (χ3v) is 3.36. The van der Waals surface area contributed by atoms with Gasteiger partial charge < -0.3 is 14.4 Å². The van der Waals surface area contributed by atoms with Gasteiger partial charge in [-0.05, 0) is 44.6 Å². The third kappa shape index (κ3) is 15.9. The van der Waals surface area contributed by atoms with Gasteiger partial charge in [-0.3, -0.25) is 0 Å². The zero-order valence-corrected chi connectivity index (χ0v) is 14.5. The lowest BCUT2D eigenvalue weighted by molar-refractivity contribution is 0.0927. The number of rotatable bonds is 14. The molecule has 0 saturated carbocycles. The molecule has 122 valence electrons. The topological polar surface area (TPSA) is 21.7 Å². The standard InChI is InChI=1S/C17H37NO2/c1-16(2)8-6-12-19-13-7-10-18(5)11-15-20-14-9-17(3)4/h16-17H,6-15H2,1-5H3. The van der Waals surface area contributed by atoms with Crippen LogP contribution >= 0.6 is 0 Å². The van der Waals surface area contributed by atoms with Crippen molar-refractivity contribution in [3.63, 3.8) is 0 Å². The average Bonchev–Trinajstić information content (AvgIpc) is 2.36.